The maximum atomic E-state index is 11.6. The standard InChI is InChI=1S/C16H24ClNO3/c1-3-20-10-5-9-18-16(19)6-4-11-21-14-7-8-15(17)13(2)12-14/h7-8,12H,3-6,9-11H2,1-2H3,(H,18,19). The summed E-state index contributed by atoms with van der Waals surface area (Å²) in [7, 11) is 0. The van der Waals surface area contributed by atoms with E-state index < -0.39 is 0 Å². The van der Waals surface area contributed by atoms with Gasteiger partial charge >= 0.3 is 0 Å². The van der Waals surface area contributed by atoms with Crippen LogP contribution in [0.2, 0.25) is 5.02 Å². The Bertz CT molecular complexity index is 438. The summed E-state index contributed by atoms with van der Waals surface area (Å²) in [4.78, 5) is 11.6. The van der Waals surface area contributed by atoms with Crippen molar-refractivity contribution in [2.24, 2.45) is 0 Å². The van der Waals surface area contributed by atoms with Gasteiger partial charge in [0.15, 0.2) is 0 Å². The fourth-order valence-electron chi connectivity index (χ4n) is 1.76. The van der Waals surface area contributed by atoms with Crippen molar-refractivity contribution in [2.45, 2.75) is 33.1 Å². The first-order valence-corrected chi connectivity index (χ1v) is 7.74. The average molecular weight is 314 g/mol. The SMILES string of the molecule is CCOCCCNC(=O)CCCOc1ccc(Cl)c(C)c1. The maximum Gasteiger partial charge on any atom is 0.220 e. The van der Waals surface area contributed by atoms with E-state index in [2.05, 4.69) is 5.32 Å². The largest absolute Gasteiger partial charge is 0.494 e. The second kappa shape index (κ2) is 10.5. The van der Waals surface area contributed by atoms with Crippen molar-refractivity contribution in [3.8, 4) is 5.75 Å². The highest BCUT2D eigenvalue weighted by atomic mass is 35.5. The molecule has 0 spiro atoms. The maximum absolute atomic E-state index is 11.6. The van der Waals surface area contributed by atoms with Crippen LogP contribution in [0.4, 0.5) is 0 Å². The number of carbonyl (C=O) groups is 1. The first-order valence-electron chi connectivity index (χ1n) is 7.37. The van der Waals surface area contributed by atoms with Crippen molar-refractivity contribution in [3.05, 3.63) is 28.8 Å². The van der Waals surface area contributed by atoms with Gasteiger partial charge in [0, 0.05) is 31.2 Å². The molecule has 0 unspecified atom stereocenters. The fraction of sp³-hybridized carbons (Fsp3) is 0.562. The zero-order chi connectivity index (χ0) is 15.5. The van der Waals surface area contributed by atoms with Gasteiger partial charge in [-0.05, 0) is 50.5 Å². The van der Waals surface area contributed by atoms with Gasteiger partial charge in [0.25, 0.3) is 0 Å². The van der Waals surface area contributed by atoms with Gasteiger partial charge in [-0.25, -0.2) is 0 Å². The number of amides is 1. The monoisotopic (exact) mass is 313 g/mol. The molecule has 4 nitrogen and oxygen atoms in total. The van der Waals surface area contributed by atoms with Crippen molar-refractivity contribution in [1.29, 1.82) is 0 Å². The molecule has 0 aliphatic rings. The molecule has 0 heterocycles. The lowest BCUT2D eigenvalue weighted by Crippen LogP contribution is -2.25. The third-order valence-electron chi connectivity index (χ3n) is 2.94. The molecule has 21 heavy (non-hydrogen) atoms. The lowest BCUT2D eigenvalue weighted by molar-refractivity contribution is -0.121. The van der Waals surface area contributed by atoms with E-state index in [1.807, 2.05) is 32.0 Å². The Morgan fingerprint density at radius 3 is 2.81 bits per heavy atom. The minimum atomic E-state index is 0.0578. The van der Waals surface area contributed by atoms with Crippen molar-refractivity contribution >= 4 is 17.5 Å². The van der Waals surface area contributed by atoms with Crippen LogP contribution in [0.1, 0.15) is 31.7 Å². The first kappa shape index (κ1) is 17.8. The lowest BCUT2D eigenvalue weighted by atomic mass is 10.2. The molecule has 1 N–H and O–H groups in total. The molecule has 1 rings (SSSR count). The van der Waals surface area contributed by atoms with Gasteiger partial charge in [0.2, 0.25) is 5.91 Å². The van der Waals surface area contributed by atoms with Crippen molar-refractivity contribution in [1.82, 2.24) is 5.32 Å². The highest BCUT2D eigenvalue weighted by molar-refractivity contribution is 6.31. The molecule has 0 atom stereocenters. The van der Waals surface area contributed by atoms with E-state index >= 15 is 0 Å². The molecule has 1 aromatic carbocycles. The Hall–Kier alpha value is -1.26. The van der Waals surface area contributed by atoms with Crippen LogP contribution in [0, 0.1) is 6.92 Å². The summed E-state index contributed by atoms with van der Waals surface area (Å²) >= 11 is 5.95. The number of halogens is 1. The molecule has 5 heteroatoms. The molecule has 1 aromatic rings. The second-order valence-electron chi connectivity index (χ2n) is 4.76. The van der Waals surface area contributed by atoms with Crippen LogP contribution in [0.25, 0.3) is 0 Å². The van der Waals surface area contributed by atoms with E-state index in [0.29, 0.717) is 32.6 Å². The smallest absolute Gasteiger partial charge is 0.220 e. The molecule has 0 aromatic heterocycles. The summed E-state index contributed by atoms with van der Waals surface area (Å²) in [6, 6.07) is 5.55. The molecule has 0 aliphatic carbocycles. The van der Waals surface area contributed by atoms with E-state index in [9.17, 15) is 4.79 Å². The summed E-state index contributed by atoms with van der Waals surface area (Å²) in [5.41, 5.74) is 0.987. The van der Waals surface area contributed by atoms with Crippen LogP contribution in [0.3, 0.4) is 0 Å². The molecule has 0 radical (unpaired) electrons. The van der Waals surface area contributed by atoms with Gasteiger partial charge < -0.3 is 14.8 Å². The zero-order valence-electron chi connectivity index (χ0n) is 12.8. The fourth-order valence-corrected chi connectivity index (χ4v) is 1.88. The number of nitrogens with one attached hydrogen (secondary N) is 1. The summed E-state index contributed by atoms with van der Waals surface area (Å²) in [6.45, 7) is 6.49. The lowest BCUT2D eigenvalue weighted by Gasteiger charge is -2.08. The van der Waals surface area contributed by atoms with Gasteiger partial charge in [-0.2, -0.15) is 0 Å². The minimum Gasteiger partial charge on any atom is -0.494 e. The molecule has 0 saturated heterocycles. The van der Waals surface area contributed by atoms with Crippen molar-refractivity contribution < 1.29 is 14.3 Å². The van der Waals surface area contributed by atoms with Crippen LogP contribution in [0.5, 0.6) is 5.75 Å². The van der Waals surface area contributed by atoms with Crippen LogP contribution in [-0.2, 0) is 9.53 Å². The summed E-state index contributed by atoms with van der Waals surface area (Å²) < 4.78 is 10.8. The molecule has 0 saturated carbocycles. The van der Waals surface area contributed by atoms with E-state index in [-0.39, 0.29) is 5.91 Å². The van der Waals surface area contributed by atoms with Gasteiger partial charge in [-0.15, -0.1) is 0 Å². The number of benzene rings is 1. The predicted octanol–water partition coefficient (Wildman–Crippen LogP) is 3.35. The average Bonchev–Trinajstić information content (AvgIpc) is 2.47. The third kappa shape index (κ3) is 7.93. The van der Waals surface area contributed by atoms with Gasteiger partial charge in [0.05, 0.1) is 6.61 Å². The van der Waals surface area contributed by atoms with Crippen LogP contribution in [0.15, 0.2) is 18.2 Å². The van der Waals surface area contributed by atoms with Crippen LogP contribution < -0.4 is 10.1 Å². The Labute approximate surface area is 131 Å². The highest BCUT2D eigenvalue weighted by Crippen LogP contribution is 2.21. The predicted molar refractivity (Wildman–Crippen MR) is 85.0 cm³/mol. The number of hydrogen-bond acceptors (Lipinski definition) is 3. The normalized spacial score (nSPS) is 10.4. The highest BCUT2D eigenvalue weighted by Gasteiger charge is 2.02. The summed E-state index contributed by atoms with van der Waals surface area (Å²) in [5.74, 6) is 0.844. The summed E-state index contributed by atoms with van der Waals surface area (Å²) in [6.07, 6.45) is 2.01. The zero-order valence-corrected chi connectivity index (χ0v) is 13.5. The molecule has 118 valence electrons. The Kier molecular flexibility index (Phi) is 8.87. The molecular formula is C16H24ClNO3. The molecular weight excluding hydrogens is 290 g/mol. The first-order chi connectivity index (χ1) is 10.1. The molecule has 1 amide bonds. The van der Waals surface area contributed by atoms with Gasteiger partial charge in [-0.1, -0.05) is 11.6 Å². The van der Waals surface area contributed by atoms with Gasteiger partial charge in [-0.3, -0.25) is 4.79 Å². The van der Waals surface area contributed by atoms with Crippen molar-refractivity contribution in [3.63, 3.8) is 0 Å². The topological polar surface area (TPSA) is 47.6 Å². The Balaban J connectivity index is 2.07. The van der Waals surface area contributed by atoms with Crippen LogP contribution in [-0.4, -0.2) is 32.3 Å². The molecule has 0 bridgehead atoms. The number of ether oxygens (including phenoxy) is 2. The summed E-state index contributed by atoms with van der Waals surface area (Å²) in [5, 5.41) is 3.60. The Morgan fingerprint density at radius 2 is 2.10 bits per heavy atom. The van der Waals surface area contributed by atoms with E-state index in [0.717, 1.165) is 29.4 Å². The van der Waals surface area contributed by atoms with Gasteiger partial charge in [0.1, 0.15) is 5.75 Å². The molecule has 0 aliphatic heterocycles. The van der Waals surface area contributed by atoms with E-state index in [1.54, 1.807) is 0 Å². The van der Waals surface area contributed by atoms with E-state index in [4.69, 9.17) is 21.1 Å². The second-order valence-corrected chi connectivity index (χ2v) is 5.17. The number of aryl methyl sites for hydroxylation is 1. The van der Waals surface area contributed by atoms with Crippen LogP contribution >= 0.6 is 11.6 Å². The number of carbonyl (C=O) groups excluding carboxylic acids is 1. The number of rotatable bonds is 10. The third-order valence-corrected chi connectivity index (χ3v) is 3.36. The van der Waals surface area contributed by atoms with E-state index in [1.165, 1.54) is 0 Å². The quantitative estimate of drug-likeness (QED) is 0.674. The molecule has 0 fully saturated rings. The minimum absolute atomic E-state index is 0.0578. The Morgan fingerprint density at radius 1 is 1.29 bits per heavy atom. The number of hydrogen-bond donors (Lipinski definition) is 1. The van der Waals surface area contributed by atoms with Crippen molar-refractivity contribution in [2.75, 3.05) is 26.4 Å².